The van der Waals surface area contributed by atoms with Gasteiger partial charge in [-0.15, -0.1) is 0 Å². The number of rotatable bonds is 4. The summed E-state index contributed by atoms with van der Waals surface area (Å²) in [6.45, 7) is 9.81. The Bertz CT molecular complexity index is 209. The molecule has 0 radical (unpaired) electrons. The van der Waals surface area contributed by atoms with Crippen molar-refractivity contribution in [2.75, 3.05) is 6.54 Å². The van der Waals surface area contributed by atoms with Crippen LogP contribution >= 0.6 is 0 Å². The minimum absolute atomic E-state index is 0.135. The van der Waals surface area contributed by atoms with E-state index in [2.05, 4.69) is 5.32 Å². The van der Waals surface area contributed by atoms with Gasteiger partial charge in [0.1, 0.15) is 0 Å². The molecule has 0 saturated heterocycles. The highest BCUT2D eigenvalue weighted by Gasteiger charge is 2.27. The molecular formula is C11H24N2O2. The van der Waals surface area contributed by atoms with Crippen molar-refractivity contribution >= 4 is 5.91 Å². The first-order chi connectivity index (χ1) is 6.66. The Morgan fingerprint density at radius 2 is 1.87 bits per heavy atom. The summed E-state index contributed by atoms with van der Waals surface area (Å²) in [6.07, 6.45) is -0.513. The number of aliphatic hydroxyl groups is 1. The summed E-state index contributed by atoms with van der Waals surface area (Å²) in [6, 6.07) is -0.545. The van der Waals surface area contributed by atoms with Crippen LogP contribution in [-0.2, 0) is 4.79 Å². The van der Waals surface area contributed by atoms with Crippen molar-refractivity contribution in [1.82, 2.24) is 5.32 Å². The number of amides is 1. The second-order valence-electron chi connectivity index (χ2n) is 5.40. The highest BCUT2D eigenvalue weighted by atomic mass is 16.3. The third-order valence-corrected chi connectivity index (χ3v) is 2.47. The van der Waals surface area contributed by atoms with Crippen LogP contribution in [0.15, 0.2) is 0 Å². The fraction of sp³-hybridized carbons (Fsp3) is 0.909. The van der Waals surface area contributed by atoms with Crippen molar-refractivity contribution in [2.45, 2.75) is 46.8 Å². The van der Waals surface area contributed by atoms with Crippen LogP contribution in [0, 0.1) is 11.3 Å². The van der Waals surface area contributed by atoms with E-state index in [1.54, 1.807) is 0 Å². The zero-order valence-corrected chi connectivity index (χ0v) is 10.4. The lowest BCUT2D eigenvalue weighted by Gasteiger charge is -2.26. The Morgan fingerprint density at radius 1 is 1.40 bits per heavy atom. The van der Waals surface area contributed by atoms with Gasteiger partial charge in [0, 0.05) is 6.54 Å². The Kier molecular flexibility index (Phi) is 5.24. The van der Waals surface area contributed by atoms with Gasteiger partial charge in [-0.05, 0) is 11.3 Å². The highest BCUT2D eigenvalue weighted by Crippen LogP contribution is 2.17. The number of carbonyl (C=O) groups is 1. The van der Waals surface area contributed by atoms with E-state index in [1.165, 1.54) is 0 Å². The van der Waals surface area contributed by atoms with Crippen molar-refractivity contribution in [3.05, 3.63) is 0 Å². The number of aliphatic hydroxyl groups excluding tert-OH is 1. The van der Waals surface area contributed by atoms with Gasteiger partial charge in [-0.25, -0.2) is 0 Å². The average molecular weight is 216 g/mol. The van der Waals surface area contributed by atoms with Gasteiger partial charge in [-0.3, -0.25) is 4.79 Å². The molecule has 1 unspecified atom stereocenters. The van der Waals surface area contributed by atoms with E-state index >= 15 is 0 Å². The van der Waals surface area contributed by atoms with Crippen LogP contribution in [-0.4, -0.2) is 29.7 Å². The van der Waals surface area contributed by atoms with Gasteiger partial charge >= 0.3 is 0 Å². The molecule has 0 bridgehead atoms. The third kappa shape index (κ3) is 5.14. The zero-order valence-electron chi connectivity index (χ0n) is 10.4. The monoisotopic (exact) mass is 216 g/mol. The van der Waals surface area contributed by atoms with Crippen molar-refractivity contribution in [3.63, 3.8) is 0 Å². The Morgan fingerprint density at radius 3 is 2.20 bits per heavy atom. The van der Waals surface area contributed by atoms with Gasteiger partial charge in [0.05, 0.1) is 12.1 Å². The largest absolute Gasteiger partial charge is 0.391 e. The third-order valence-electron chi connectivity index (χ3n) is 2.47. The maximum atomic E-state index is 11.6. The molecular weight excluding hydrogens is 192 g/mol. The molecule has 1 amide bonds. The second-order valence-corrected chi connectivity index (χ2v) is 5.40. The number of nitrogens with one attached hydrogen (secondary N) is 1. The number of hydrogen-bond donors (Lipinski definition) is 3. The minimum Gasteiger partial charge on any atom is -0.391 e. The molecule has 0 heterocycles. The molecule has 0 aliphatic heterocycles. The number of nitrogens with two attached hydrogens (primary N) is 1. The van der Waals surface area contributed by atoms with Gasteiger partial charge in [-0.1, -0.05) is 34.6 Å². The van der Waals surface area contributed by atoms with Crippen molar-refractivity contribution < 1.29 is 9.90 Å². The number of hydrogen-bond acceptors (Lipinski definition) is 3. The molecule has 0 aromatic rings. The standard InChI is InChI=1S/C11H24N2O2/c1-7(2)8(14)6-13-10(15)9(12)11(3,4)5/h7-9,14H,6,12H2,1-5H3,(H,13,15)/t8?,9-/m0/s1. The molecule has 0 aromatic carbocycles. The van der Waals surface area contributed by atoms with Gasteiger partial charge in [0.2, 0.25) is 5.91 Å². The Labute approximate surface area is 92.2 Å². The predicted molar refractivity (Wildman–Crippen MR) is 61.3 cm³/mol. The van der Waals surface area contributed by atoms with E-state index in [4.69, 9.17) is 5.73 Å². The summed E-state index contributed by atoms with van der Waals surface area (Å²) in [5.74, 6) is -0.0710. The molecule has 4 nitrogen and oxygen atoms in total. The summed E-state index contributed by atoms with van der Waals surface area (Å²) in [5, 5.41) is 12.2. The molecule has 0 aromatic heterocycles. The van der Waals surface area contributed by atoms with Crippen LogP contribution in [0.5, 0.6) is 0 Å². The Balaban J connectivity index is 4.05. The molecule has 0 aliphatic carbocycles. The molecule has 15 heavy (non-hydrogen) atoms. The van der Waals surface area contributed by atoms with Crippen LogP contribution in [0.1, 0.15) is 34.6 Å². The lowest BCUT2D eigenvalue weighted by atomic mass is 9.87. The molecule has 2 atom stereocenters. The van der Waals surface area contributed by atoms with E-state index in [1.807, 2.05) is 34.6 Å². The summed E-state index contributed by atoms with van der Waals surface area (Å²) in [7, 11) is 0. The SMILES string of the molecule is CC(C)C(O)CNC(=O)[C@H](N)C(C)(C)C. The average Bonchev–Trinajstić information content (AvgIpc) is 2.10. The van der Waals surface area contributed by atoms with E-state index in [9.17, 15) is 9.90 Å². The van der Waals surface area contributed by atoms with Gasteiger partial charge in [0.25, 0.3) is 0 Å². The lowest BCUT2D eigenvalue weighted by Crippen LogP contribution is -2.50. The molecule has 4 N–H and O–H groups in total. The first kappa shape index (κ1) is 14.4. The van der Waals surface area contributed by atoms with Crippen LogP contribution in [0.3, 0.4) is 0 Å². The van der Waals surface area contributed by atoms with Crippen LogP contribution in [0.2, 0.25) is 0 Å². The summed E-state index contributed by atoms with van der Waals surface area (Å²) < 4.78 is 0. The minimum atomic E-state index is -0.545. The fourth-order valence-electron chi connectivity index (χ4n) is 0.944. The van der Waals surface area contributed by atoms with Gasteiger partial charge < -0.3 is 16.2 Å². The van der Waals surface area contributed by atoms with E-state index in [0.717, 1.165) is 0 Å². The summed E-state index contributed by atoms with van der Waals surface area (Å²) in [4.78, 5) is 11.6. The molecule has 0 saturated carbocycles. The lowest BCUT2D eigenvalue weighted by molar-refractivity contribution is -0.125. The van der Waals surface area contributed by atoms with Gasteiger partial charge in [-0.2, -0.15) is 0 Å². The smallest absolute Gasteiger partial charge is 0.237 e. The highest BCUT2D eigenvalue weighted by molar-refractivity contribution is 5.82. The van der Waals surface area contributed by atoms with Crippen LogP contribution in [0.25, 0.3) is 0 Å². The normalized spacial score (nSPS) is 16.3. The topological polar surface area (TPSA) is 75.3 Å². The summed E-state index contributed by atoms with van der Waals surface area (Å²) >= 11 is 0. The van der Waals surface area contributed by atoms with Crippen molar-refractivity contribution in [3.8, 4) is 0 Å². The molecule has 0 aliphatic rings. The van der Waals surface area contributed by atoms with E-state index in [0.29, 0.717) is 0 Å². The zero-order chi connectivity index (χ0) is 12.2. The molecule has 0 rings (SSSR count). The maximum absolute atomic E-state index is 11.6. The molecule has 4 heteroatoms. The second kappa shape index (κ2) is 5.47. The molecule has 0 spiro atoms. The fourth-order valence-corrected chi connectivity index (χ4v) is 0.944. The van der Waals surface area contributed by atoms with E-state index in [-0.39, 0.29) is 23.8 Å². The Hall–Kier alpha value is -0.610. The first-order valence-electron chi connectivity index (χ1n) is 5.37. The van der Waals surface area contributed by atoms with Crippen LogP contribution in [0.4, 0.5) is 0 Å². The quantitative estimate of drug-likeness (QED) is 0.640. The number of carbonyl (C=O) groups excluding carboxylic acids is 1. The van der Waals surface area contributed by atoms with Crippen molar-refractivity contribution in [1.29, 1.82) is 0 Å². The molecule has 90 valence electrons. The van der Waals surface area contributed by atoms with Gasteiger partial charge in [0.15, 0.2) is 0 Å². The predicted octanol–water partition coefficient (Wildman–Crippen LogP) is 0.493. The summed E-state index contributed by atoms with van der Waals surface area (Å²) in [5.41, 5.74) is 5.51. The molecule has 0 fully saturated rings. The van der Waals surface area contributed by atoms with Crippen LogP contribution < -0.4 is 11.1 Å². The first-order valence-corrected chi connectivity index (χ1v) is 5.37. The van der Waals surface area contributed by atoms with E-state index < -0.39 is 12.1 Å². The maximum Gasteiger partial charge on any atom is 0.237 e. The van der Waals surface area contributed by atoms with Crippen molar-refractivity contribution in [2.24, 2.45) is 17.1 Å².